The number of carbonyl (C=O) groups is 1. The molecule has 0 aliphatic carbocycles. The molecule has 0 saturated heterocycles. The Morgan fingerprint density at radius 3 is 2.62 bits per heavy atom. The monoisotopic (exact) mass is 221 g/mol. The van der Waals surface area contributed by atoms with Gasteiger partial charge in [0.2, 0.25) is 0 Å². The third-order valence-corrected chi connectivity index (χ3v) is 2.15. The molecule has 0 spiro atoms. The van der Waals surface area contributed by atoms with E-state index in [-0.39, 0.29) is 0 Å². The van der Waals surface area contributed by atoms with E-state index in [0.29, 0.717) is 17.0 Å². The number of carboxylic acid groups (broad SMARTS) is 1. The fourth-order valence-corrected chi connectivity index (χ4v) is 1.32. The van der Waals surface area contributed by atoms with E-state index in [2.05, 4.69) is 11.9 Å². The molecule has 0 saturated carbocycles. The summed E-state index contributed by atoms with van der Waals surface area (Å²) in [5.74, 6) is -0.353. The van der Waals surface area contributed by atoms with Crippen molar-refractivity contribution in [3.8, 4) is 5.75 Å². The Bertz CT molecular complexity index is 387. The summed E-state index contributed by atoms with van der Waals surface area (Å²) in [7, 11) is 1.54. The molecule has 2 N–H and O–H groups in total. The van der Waals surface area contributed by atoms with Crippen molar-refractivity contribution >= 4 is 11.7 Å². The molecule has 0 aliphatic heterocycles. The molecule has 86 valence electrons. The molecule has 1 rings (SSSR count). The third kappa shape index (κ3) is 2.76. The highest BCUT2D eigenvalue weighted by atomic mass is 16.5. The summed E-state index contributed by atoms with van der Waals surface area (Å²) in [6.07, 6.45) is 0. The largest absolute Gasteiger partial charge is 0.495 e. The summed E-state index contributed by atoms with van der Waals surface area (Å²) in [6, 6.07) is 6.34. The zero-order chi connectivity index (χ0) is 12.1. The van der Waals surface area contributed by atoms with Gasteiger partial charge >= 0.3 is 5.97 Å². The zero-order valence-electron chi connectivity index (χ0n) is 9.36. The first-order chi connectivity index (χ1) is 7.56. The van der Waals surface area contributed by atoms with Crippen LogP contribution in [0.15, 0.2) is 36.4 Å². The van der Waals surface area contributed by atoms with Gasteiger partial charge in [-0.25, -0.2) is 4.79 Å². The van der Waals surface area contributed by atoms with Crippen LogP contribution in [-0.2, 0) is 4.79 Å². The summed E-state index contributed by atoms with van der Waals surface area (Å²) in [6.45, 7) is 5.31. The van der Waals surface area contributed by atoms with Crippen LogP contribution in [0.3, 0.4) is 0 Å². The first-order valence-electron chi connectivity index (χ1n) is 4.84. The van der Waals surface area contributed by atoms with E-state index in [1.54, 1.807) is 19.1 Å². The highest BCUT2D eigenvalue weighted by molar-refractivity contribution is 5.81. The molecule has 1 unspecified atom stereocenters. The molecule has 1 atom stereocenters. The van der Waals surface area contributed by atoms with Crippen LogP contribution in [0.2, 0.25) is 0 Å². The Morgan fingerprint density at radius 2 is 2.12 bits per heavy atom. The molecule has 0 aromatic heterocycles. The maximum Gasteiger partial charge on any atom is 0.330 e. The fourth-order valence-electron chi connectivity index (χ4n) is 1.32. The molecular weight excluding hydrogens is 206 g/mol. The summed E-state index contributed by atoms with van der Waals surface area (Å²) in [5.41, 5.74) is 1.18. The van der Waals surface area contributed by atoms with Crippen molar-refractivity contribution in [3.63, 3.8) is 0 Å². The van der Waals surface area contributed by atoms with Crippen molar-refractivity contribution in [1.82, 2.24) is 0 Å². The molecule has 1 aromatic carbocycles. The lowest BCUT2D eigenvalue weighted by molar-refractivity contribution is -0.137. The lowest BCUT2D eigenvalue weighted by atomic mass is 10.1. The molecule has 4 nitrogen and oxygen atoms in total. The number of carboxylic acids is 1. The van der Waals surface area contributed by atoms with Gasteiger partial charge in [-0.2, -0.15) is 0 Å². The number of para-hydroxylation sites is 2. The van der Waals surface area contributed by atoms with Crippen LogP contribution in [-0.4, -0.2) is 24.2 Å². The number of benzene rings is 1. The minimum absolute atomic E-state index is 0.540. The van der Waals surface area contributed by atoms with Crippen molar-refractivity contribution in [2.75, 3.05) is 12.4 Å². The Kier molecular flexibility index (Phi) is 3.94. The van der Waals surface area contributed by atoms with E-state index in [4.69, 9.17) is 9.84 Å². The molecule has 0 aliphatic rings. The minimum atomic E-state index is -0.960. The number of aliphatic carboxylic acids is 1. The van der Waals surface area contributed by atoms with Gasteiger partial charge in [0.15, 0.2) is 0 Å². The summed E-state index contributed by atoms with van der Waals surface area (Å²) in [5, 5.41) is 11.9. The lowest BCUT2D eigenvalue weighted by Gasteiger charge is -2.17. The zero-order valence-corrected chi connectivity index (χ0v) is 9.36. The van der Waals surface area contributed by atoms with Gasteiger partial charge in [0.25, 0.3) is 0 Å². The third-order valence-electron chi connectivity index (χ3n) is 2.15. The quantitative estimate of drug-likeness (QED) is 0.748. The van der Waals surface area contributed by atoms with Crippen LogP contribution in [0.25, 0.3) is 0 Å². The second-order valence-electron chi connectivity index (χ2n) is 3.46. The van der Waals surface area contributed by atoms with Crippen molar-refractivity contribution in [2.24, 2.45) is 0 Å². The number of ether oxygens (including phenoxy) is 1. The fraction of sp³-hybridized carbons (Fsp3) is 0.250. The molecule has 16 heavy (non-hydrogen) atoms. The Labute approximate surface area is 94.6 Å². The van der Waals surface area contributed by atoms with Crippen LogP contribution >= 0.6 is 0 Å². The van der Waals surface area contributed by atoms with Crippen LogP contribution in [0.4, 0.5) is 5.69 Å². The van der Waals surface area contributed by atoms with Crippen LogP contribution < -0.4 is 10.1 Å². The molecule has 1 aromatic rings. The second-order valence-corrected chi connectivity index (χ2v) is 3.46. The average Bonchev–Trinajstić information content (AvgIpc) is 2.25. The number of nitrogens with one attached hydrogen (secondary N) is 1. The van der Waals surface area contributed by atoms with E-state index >= 15 is 0 Å². The van der Waals surface area contributed by atoms with Gasteiger partial charge in [-0.15, -0.1) is 0 Å². The van der Waals surface area contributed by atoms with Gasteiger partial charge in [0, 0.05) is 0 Å². The van der Waals surface area contributed by atoms with E-state index in [0.717, 1.165) is 0 Å². The highest BCUT2D eigenvalue weighted by Gasteiger charge is 2.18. The lowest BCUT2D eigenvalue weighted by Crippen LogP contribution is -2.30. The first kappa shape index (κ1) is 12.1. The van der Waals surface area contributed by atoms with Crippen molar-refractivity contribution < 1.29 is 14.6 Å². The normalized spacial score (nSPS) is 11.6. The van der Waals surface area contributed by atoms with E-state index in [1.807, 2.05) is 12.1 Å². The molecule has 0 bridgehead atoms. The number of rotatable bonds is 5. The highest BCUT2D eigenvalue weighted by Crippen LogP contribution is 2.24. The number of methoxy groups -OCH3 is 1. The number of anilines is 1. The maximum absolute atomic E-state index is 11.0. The minimum Gasteiger partial charge on any atom is -0.495 e. The van der Waals surface area contributed by atoms with Crippen molar-refractivity contribution in [2.45, 2.75) is 13.0 Å². The SMILES string of the molecule is C=C(C)C(Nc1ccccc1OC)C(=O)O. The van der Waals surface area contributed by atoms with Gasteiger partial charge in [-0.1, -0.05) is 18.7 Å². The van der Waals surface area contributed by atoms with Gasteiger partial charge in [0.05, 0.1) is 12.8 Å². The second kappa shape index (κ2) is 5.21. The Morgan fingerprint density at radius 1 is 1.50 bits per heavy atom. The average molecular weight is 221 g/mol. The summed E-state index contributed by atoms with van der Waals surface area (Å²) in [4.78, 5) is 11.0. The van der Waals surface area contributed by atoms with E-state index < -0.39 is 12.0 Å². The predicted molar refractivity (Wildman–Crippen MR) is 62.9 cm³/mol. The van der Waals surface area contributed by atoms with Gasteiger partial charge in [-0.3, -0.25) is 0 Å². The van der Waals surface area contributed by atoms with Gasteiger partial charge in [0.1, 0.15) is 11.8 Å². The van der Waals surface area contributed by atoms with Gasteiger partial charge < -0.3 is 15.2 Å². The molecule has 0 fully saturated rings. The first-order valence-corrected chi connectivity index (χ1v) is 4.84. The number of hydrogen-bond donors (Lipinski definition) is 2. The molecule has 0 radical (unpaired) electrons. The van der Waals surface area contributed by atoms with Crippen LogP contribution in [0, 0.1) is 0 Å². The molecule has 0 amide bonds. The standard InChI is InChI=1S/C12H15NO3/c1-8(2)11(12(14)15)13-9-6-4-5-7-10(9)16-3/h4-7,11,13H,1H2,2-3H3,(H,14,15). The van der Waals surface area contributed by atoms with Crippen molar-refractivity contribution in [3.05, 3.63) is 36.4 Å². The molecular formula is C12H15NO3. The van der Waals surface area contributed by atoms with Crippen molar-refractivity contribution in [1.29, 1.82) is 0 Å². The van der Waals surface area contributed by atoms with E-state index in [1.165, 1.54) is 7.11 Å². The number of hydrogen-bond acceptors (Lipinski definition) is 3. The topological polar surface area (TPSA) is 58.6 Å². The van der Waals surface area contributed by atoms with Gasteiger partial charge in [-0.05, 0) is 24.6 Å². The van der Waals surface area contributed by atoms with E-state index in [9.17, 15) is 4.79 Å². The molecule has 4 heteroatoms. The van der Waals surface area contributed by atoms with Crippen LogP contribution in [0.5, 0.6) is 5.75 Å². The van der Waals surface area contributed by atoms with Crippen LogP contribution in [0.1, 0.15) is 6.92 Å². The Hall–Kier alpha value is -1.97. The summed E-state index contributed by atoms with van der Waals surface area (Å²) < 4.78 is 5.12. The smallest absolute Gasteiger partial charge is 0.330 e. The maximum atomic E-state index is 11.0. The molecule has 0 heterocycles. The Balaban J connectivity index is 2.93. The predicted octanol–water partition coefficient (Wildman–Crippen LogP) is 2.14. The summed E-state index contributed by atoms with van der Waals surface area (Å²) >= 11 is 0.